The number of aryl methyl sites for hydroxylation is 1. The van der Waals surface area contributed by atoms with Gasteiger partial charge >= 0.3 is 0 Å². The normalized spacial score (nSPS) is 10.7. The summed E-state index contributed by atoms with van der Waals surface area (Å²) in [4.78, 5) is 13.1. The third kappa shape index (κ3) is 3.96. The molecule has 0 aliphatic rings. The van der Waals surface area contributed by atoms with Gasteiger partial charge in [-0.3, -0.25) is 4.79 Å². The first-order chi connectivity index (χ1) is 9.69. The summed E-state index contributed by atoms with van der Waals surface area (Å²) in [5.74, 6) is -0.203. The molecule has 102 valence electrons. The maximum atomic E-state index is 11.9. The largest absolute Gasteiger partial charge is 0.271 e. The van der Waals surface area contributed by atoms with Crippen LogP contribution >= 0.6 is 11.8 Å². The molecule has 0 heterocycles. The Labute approximate surface area is 123 Å². The second-order valence-electron chi connectivity index (χ2n) is 4.34. The van der Waals surface area contributed by atoms with Crippen molar-refractivity contribution in [3.05, 3.63) is 65.2 Å². The molecular formula is C16H16N2OS. The lowest BCUT2D eigenvalue weighted by Crippen LogP contribution is -2.17. The van der Waals surface area contributed by atoms with Crippen LogP contribution in [-0.4, -0.2) is 18.4 Å². The number of rotatable bonds is 4. The first-order valence-electron chi connectivity index (χ1n) is 6.23. The van der Waals surface area contributed by atoms with Crippen molar-refractivity contribution in [1.29, 1.82) is 0 Å². The van der Waals surface area contributed by atoms with E-state index in [1.165, 1.54) is 4.90 Å². The molecule has 3 nitrogen and oxygen atoms in total. The van der Waals surface area contributed by atoms with Crippen LogP contribution in [0.15, 0.2) is 58.5 Å². The van der Waals surface area contributed by atoms with Gasteiger partial charge in [0.05, 0.1) is 6.21 Å². The van der Waals surface area contributed by atoms with Crippen LogP contribution in [0.3, 0.4) is 0 Å². The molecule has 0 unspecified atom stereocenters. The van der Waals surface area contributed by atoms with Crippen molar-refractivity contribution in [2.45, 2.75) is 11.8 Å². The minimum atomic E-state index is -0.203. The van der Waals surface area contributed by atoms with E-state index in [0.29, 0.717) is 5.56 Å². The predicted molar refractivity (Wildman–Crippen MR) is 84.5 cm³/mol. The van der Waals surface area contributed by atoms with E-state index in [0.717, 1.165) is 11.1 Å². The van der Waals surface area contributed by atoms with E-state index in [2.05, 4.69) is 10.5 Å². The number of carbonyl (C=O) groups is 1. The van der Waals surface area contributed by atoms with Crippen LogP contribution in [0.25, 0.3) is 0 Å². The highest BCUT2D eigenvalue weighted by Crippen LogP contribution is 2.13. The molecule has 0 aromatic heterocycles. The van der Waals surface area contributed by atoms with Crippen molar-refractivity contribution in [3.8, 4) is 0 Å². The molecule has 0 saturated carbocycles. The van der Waals surface area contributed by atoms with Gasteiger partial charge in [0.2, 0.25) is 0 Å². The molecule has 0 bridgehead atoms. The molecule has 0 aliphatic carbocycles. The first-order valence-corrected chi connectivity index (χ1v) is 7.45. The van der Waals surface area contributed by atoms with Gasteiger partial charge in [-0.15, -0.1) is 11.8 Å². The fraction of sp³-hybridized carbons (Fsp3) is 0.125. The molecule has 20 heavy (non-hydrogen) atoms. The zero-order valence-electron chi connectivity index (χ0n) is 11.5. The Hall–Kier alpha value is -2.07. The number of nitrogens with one attached hydrogen (secondary N) is 1. The molecule has 2 aromatic rings. The van der Waals surface area contributed by atoms with Gasteiger partial charge in [0.1, 0.15) is 0 Å². The fourth-order valence-corrected chi connectivity index (χ4v) is 2.11. The van der Waals surface area contributed by atoms with E-state index in [1.54, 1.807) is 24.0 Å². The predicted octanol–water partition coefficient (Wildman–Crippen LogP) is 3.48. The summed E-state index contributed by atoms with van der Waals surface area (Å²) in [6, 6.07) is 15.4. The van der Waals surface area contributed by atoms with Crippen molar-refractivity contribution in [1.82, 2.24) is 5.43 Å². The molecular weight excluding hydrogens is 268 g/mol. The summed E-state index contributed by atoms with van der Waals surface area (Å²) in [5.41, 5.74) is 5.14. The number of hydrogen-bond acceptors (Lipinski definition) is 3. The standard InChI is InChI=1S/C16H16N2OS/c1-12-4-3-5-14(10-12)16(19)18-17-11-13-6-8-15(20-2)9-7-13/h3-11H,1-2H3,(H,18,19)/b17-11-. The second-order valence-corrected chi connectivity index (χ2v) is 5.22. The molecule has 4 heteroatoms. The van der Waals surface area contributed by atoms with E-state index >= 15 is 0 Å². The van der Waals surface area contributed by atoms with Gasteiger partial charge in [-0.2, -0.15) is 5.10 Å². The third-order valence-corrected chi connectivity index (χ3v) is 3.52. The van der Waals surface area contributed by atoms with Crippen LogP contribution in [0, 0.1) is 6.92 Å². The number of amides is 1. The van der Waals surface area contributed by atoms with Crippen molar-refractivity contribution in [2.24, 2.45) is 5.10 Å². The average Bonchev–Trinajstić information content (AvgIpc) is 2.48. The quantitative estimate of drug-likeness (QED) is 0.530. The molecule has 0 spiro atoms. The molecule has 0 saturated heterocycles. The summed E-state index contributed by atoms with van der Waals surface area (Å²) >= 11 is 1.69. The Morgan fingerprint density at radius 3 is 2.60 bits per heavy atom. The lowest BCUT2D eigenvalue weighted by Gasteiger charge is -2.01. The number of carbonyl (C=O) groups excluding carboxylic acids is 1. The highest BCUT2D eigenvalue weighted by Gasteiger charge is 2.02. The number of benzene rings is 2. The molecule has 0 radical (unpaired) electrons. The summed E-state index contributed by atoms with van der Waals surface area (Å²) < 4.78 is 0. The van der Waals surface area contributed by atoms with E-state index in [-0.39, 0.29) is 5.91 Å². The van der Waals surface area contributed by atoms with E-state index < -0.39 is 0 Å². The Balaban J connectivity index is 1.97. The fourth-order valence-electron chi connectivity index (χ4n) is 1.71. The van der Waals surface area contributed by atoms with Gasteiger partial charge in [0, 0.05) is 10.5 Å². The summed E-state index contributed by atoms with van der Waals surface area (Å²) in [6.07, 6.45) is 3.67. The van der Waals surface area contributed by atoms with Crippen LogP contribution < -0.4 is 5.43 Å². The smallest absolute Gasteiger partial charge is 0.267 e. The highest BCUT2D eigenvalue weighted by atomic mass is 32.2. The Kier molecular flexibility index (Phi) is 4.96. The topological polar surface area (TPSA) is 41.5 Å². The minimum absolute atomic E-state index is 0.203. The molecule has 0 atom stereocenters. The molecule has 0 aliphatic heterocycles. The lowest BCUT2D eigenvalue weighted by atomic mass is 10.1. The van der Waals surface area contributed by atoms with Crippen molar-refractivity contribution in [2.75, 3.05) is 6.26 Å². The molecule has 2 rings (SSSR count). The summed E-state index contributed by atoms with van der Waals surface area (Å²) in [5, 5.41) is 3.97. The van der Waals surface area contributed by atoms with Crippen molar-refractivity contribution >= 4 is 23.9 Å². The van der Waals surface area contributed by atoms with Gasteiger partial charge < -0.3 is 0 Å². The van der Waals surface area contributed by atoms with Gasteiger partial charge in [-0.05, 0) is 43.0 Å². The molecule has 1 N–H and O–H groups in total. The Morgan fingerprint density at radius 2 is 1.95 bits per heavy atom. The van der Waals surface area contributed by atoms with Crippen LogP contribution in [0.4, 0.5) is 0 Å². The van der Waals surface area contributed by atoms with E-state index in [9.17, 15) is 4.79 Å². The number of hydrogen-bond donors (Lipinski definition) is 1. The highest BCUT2D eigenvalue weighted by molar-refractivity contribution is 7.98. The van der Waals surface area contributed by atoms with Crippen molar-refractivity contribution < 1.29 is 4.79 Å². The van der Waals surface area contributed by atoms with Crippen LogP contribution in [-0.2, 0) is 0 Å². The van der Waals surface area contributed by atoms with Gasteiger partial charge in [0.25, 0.3) is 5.91 Å². The SMILES string of the molecule is CSc1ccc(/C=N\NC(=O)c2cccc(C)c2)cc1. The van der Waals surface area contributed by atoms with E-state index in [4.69, 9.17) is 0 Å². The minimum Gasteiger partial charge on any atom is -0.267 e. The molecule has 2 aromatic carbocycles. The molecule has 0 fully saturated rings. The van der Waals surface area contributed by atoms with E-state index in [1.807, 2.05) is 55.6 Å². The summed E-state index contributed by atoms with van der Waals surface area (Å²) in [7, 11) is 0. The molecule has 1 amide bonds. The van der Waals surface area contributed by atoms with Gasteiger partial charge in [-0.1, -0.05) is 29.8 Å². The summed E-state index contributed by atoms with van der Waals surface area (Å²) in [6.45, 7) is 1.95. The average molecular weight is 284 g/mol. The van der Waals surface area contributed by atoms with Gasteiger partial charge in [0.15, 0.2) is 0 Å². The number of hydrazone groups is 1. The lowest BCUT2D eigenvalue weighted by molar-refractivity contribution is 0.0955. The van der Waals surface area contributed by atoms with Gasteiger partial charge in [-0.25, -0.2) is 5.43 Å². The number of thioether (sulfide) groups is 1. The van der Waals surface area contributed by atoms with Crippen LogP contribution in [0.5, 0.6) is 0 Å². The monoisotopic (exact) mass is 284 g/mol. The zero-order chi connectivity index (χ0) is 14.4. The maximum absolute atomic E-state index is 11.9. The van der Waals surface area contributed by atoms with Crippen LogP contribution in [0.1, 0.15) is 21.5 Å². The van der Waals surface area contributed by atoms with Crippen molar-refractivity contribution in [3.63, 3.8) is 0 Å². The third-order valence-electron chi connectivity index (χ3n) is 2.78. The Bertz CT molecular complexity index is 621. The Morgan fingerprint density at radius 1 is 1.20 bits per heavy atom. The second kappa shape index (κ2) is 6.91. The number of nitrogens with zero attached hydrogens (tertiary/aromatic N) is 1. The zero-order valence-corrected chi connectivity index (χ0v) is 12.3. The first kappa shape index (κ1) is 14.3. The van der Waals surface area contributed by atoms with Crippen LogP contribution in [0.2, 0.25) is 0 Å². The maximum Gasteiger partial charge on any atom is 0.271 e.